The van der Waals surface area contributed by atoms with Crippen molar-refractivity contribution in [1.82, 2.24) is 10.2 Å². The predicted octanol–water partition coefficient (Wildman–Crippen LogP) is 1.70. The highest BCUT2D eigenvalue weighted by molar-refractivity contribution is 5.81. The van der Waals surface area contributed by atoms with E-state index in [0.29, 0.717) is 5.92 Å². The van der Waals surface area contributed by atoms with Crippen LogP contribution in [-0.2, 0) is 9.53 Å². The maximum absolute atomic E-state index is 12.3. The summed E-state index contributed by atoms with van der Waals surface area (Å²) in [5.74, 6) is -0.617. The van der Waals surface area contributed by atoms with Gasteiger partial charge in [-0.25, -0.2) is 4.79 Å². The minimum atomic E-state index is -1.01. The highest BCUT2D eigenvalue weighted by Crippen LogP contribution is 2.20. The van der Waals surface area contributed by atoms with Gasteiger partial charge in [-0.2, -0.15) is 0 Å². The Morgan fingerprint density at radius 3 is 2.35 bits per heavy atom. The van der Waals surface area contributed by atoms with Crippen molar-refractivity contribution >= 4 is 12.0 Å². The first-order chi connectivity index (χ1) is 9.21. The molecule has 2 amide bonds. The predicted molar refractivity (Wildman–Crippen MR) is 75.6 cm³/mol. The molecule has 0 bridgehead atoms. The van der Waals surface area contributed by atoms with Crippen molar-refractivity contribution in [2.24, 2.45) is 5.92 Å². The van der Waals surface area contributed by atoms with E-state index in [4.69, 9.17) is 9.84 Å². The van der Waals surface area contributed by atoms with Crippen LogP contribution >= 0.6 is 0 Å². The zero-order chi connectivity index (χ0) is 15.3. The molecular formula is C14H26N2O4. The van der Waals surface area contributed by atoms with Gasteiger partial charge in [0.1, 0.15) is 6.54 Å². The number of rotatable bonds is 4. The van der Waals surface area contributed by atoms with Gasteiger partial charge in [-0.1, -0.05) is 0 Å². The van der Waals surface area contributed by atoms with Gasteiger partial charge in [-0.05, 0) is 46.5 Å². The number of carboxylic acid groups (broad SMARTS) is 1. The minimum Gasteiger partial charge on any atom is -0.480 e. The summed E-state index contributed by atoms with van der Waals surface area (Å²) in [7, 11) is 0. The van der Waals surface area contributed by atoms with Crippen molar-refractivity contribution in [3.8, 4) is 0 Å². The summed E-state index contributed by atoms with van der Waals surface area (Å²) >= 11 is 0. The molecule has 1 rings (SSSR count). The highest BCUT2D eigenvalue weighted by Gasteiger charge is 2.30. The van der Waals surface area contributed by atoms with Crippen molar-refractivity contribution in [1.29, 1.82) is 0 Å². The molecule has 0 aliphatic carbocycles. The van der Waals surface area contributed by atoms with Crippen LogP contribution in [-0.4, -0.2) is 53.3 Å². The SMILES string of the molecule is CC(NC(=O)N(CC(=O)O)C(C)(C)C)C1CCOCC1. The van der Waals surface area contributed by atoms with E-state index in [1.807, 2.05) is 27.7 Å². The fourth-order valence-electron chi connectivity index (χ4n) is 2.36. The number of aliphatic carboxylic acids is 1. The molecule has 1 fully saturated rings. The van der Waals surface area contributed by atoms with Crippen LogP contribution in [0.25, 0.3) is 0 Å². The number of amides is 2. The van der Waals surface area contributed by atoms with E-state index in [1.54, 1.807) is 0 Å². The standard InChI is InChI=1S/C14H26N2O4/c1-10(11-5-7-20-8-6-11)15-13(19)16(9-12(17)18)14(2,3)4/h10-11H,5-9H2,1-4H3,(H,15,19)(H,17,18). The Kier molecular flexibility index (Phi) is 5.80. The molecule has 0 radical (unpaired) electrons. The number of carbonyl (C=O) groups excluding carboxylic acids is 1. The summed E-state index contributed by atoms with van der Waals surface area (Å²) in [6, 6.07) is -0.302. The summed E-state index contributed by atoms with van der Waals surface area (Å²) in [5.41, 5.74) is -0.530. The third-order valence-corrected chi connectivity index (χ3v) is 3.67. The maximum Gasteiger partial charge on any atom is 0.323 e. The summed E-state index contributed by atoms with van der Waals surface area (Å²) in [6.07, 6.45) is 1.85. The number of hydrogen-bond acceptors (Lipinski definition) is 3. The summed E-state index contributed by atoms with van der Waals surface area (Å²) < 4.78 is 5.31. The lowest BCUT2D eigenvalue weighted by Gasteiger charge is -2.36. The van der Waals surface area contributed by atoms with Crippen LogP contribution in [0.2, 0.25) is 0 Å². The van der Waals surface area contributed by atoms with Gasteiger partial charge in [0.05, 0.1) is 0 Å². The highest BCUT2D eigenvalue weighted by atomic mass is 16.5. The second-order valence-corrected chi connectivity index (χ2v) is 6.34. The van der Waals surface area contributed by atoms with Crippen LogP contribution in [0.4, 0.5) is 4.79 Å². The van der Waals surface area contributed by atoms with Gasteiger partial charge in [-0.15, -0.1) is 0 Å². The van der Waals surface area contributed by atoms with E-state index < -0.39 is 11.5 Å². The van der Waals surface area contributed by atoms with Gasteiger partial charge in [-0.3, -0.25) is 4.79 Å². The number of nitrogens with one attached hydrogen (secondary N) is 1. The lowest BCUT2D eigenvalue weighted by atomic mass is 9.93. The number of hydrogen-bond donors (Lipinski definition) is 2. The smallest absolute Gasteiger partial charge is 0.323 e. The average molecular weight is 286 g/mol. The van der Waals surface area contributed by atoms with Crippen LogP contribution in [0.5, 0.6) is 0 Å². The van der Waals surface area contributed by atoms with Crippen molar-refractivity contribution < 1.29 is 19.4 Å². The molecular weight excluding hydrogens is 260 g/mol. The van der Waals surface area contributed by atoms with Gasteiger partial charge >= 0.3 is 12.0 Å². The Morgan fingerprint density at radius 2 is 1.90 bits per heavy atom. The monoisotopic (exact) mass is 286 g/mol. The maximum atomic E-state index is 12.3. The van der Waals surface area contributed by atoms with Gasteiger partial charge in [0.15, 0.2) is 0 Å². The Balaban J connectivity index is 2.62. The van der Waals surface area contributed by atoms with Gasteiger partial charge in [0.25, 0.3) is 0 Å². The molecule has 1 atom stereocenters. The lowest BCUT2D eigenvalue weighted by molar-refractivity contribution is -0.138. The molecule has 1 aliphatic heterocycles. The molecule has 6 nitrogen and oxygen atoms in total. The zero-order valence-corrected chi connectivity index (χ0v) is 12.8. The number of carbonyl (C=O) groups is 2. The molecule has 1 aliphatic rings. The number of ether oxygens (including phenoxy) is 1. The number of carboxylic acids is 1. The molecule has 20 heavy (non-hydrogen) atoms. The second-order valence-electron chi connectivity index (χ2n) is 6.34. The van der Waals surface area contributed by atoms with E-state index >= 15 is 0 Å². The molecule has 1 unspecified atom stereocenters. The van der Waals surface area contributed by atoms with Gasteiger partial charge in [0, 0.05) is 24.8 Å². The molecule has 1 saturated heterocycles. The average Bonchev–Trinajstić information content (AvgIpc) is 2.35. The topological polar surface area (TPSA) is 78.9 Å². The molecule has 116 valence electrons. The number of nitrogens with zero attached hydrogens (tertiary/aromatic N) is 1. The van der Waals surface area contributed by atoms with E-state index in [1.165, 1.54) is 4.90 Å². The summed E-state index contributed by atoms with van der Waals surface area (Å²) in [4.78, 5) is 24.6. The van der Waals surface area contributed by atoms with Crippen molar-refractivity contribution in [3.63, 3.8) is 0 Å². The zero-order valence-electron chi connectivity index (χ0n) is 12.8. The quantitative estimate of drug-likeness (QED) is 0.824. The van der Waals surface area contributed by atoms with Crippen molar-refractivity contribution in [3.05, 3.63) is 0 Å². The Hall–Kier alpha value is -1.30. The molecule has 0 spiro atoms. The van der Waals surface area contributed by atoms with E-state index in [2.05, 4.69) is 5.32 Å². The minimum absolute atomic E-state index is 0.0186. The first-order valence-electron chi connectivity index (χ1n) is 7.09. The molecule has 0 aromatic heterocycles. The lowest BCUT2D eigenvalue weighted by Crippen LogP contribution is -2.55. The van der Waals surface area contributed by atoms with E-state index in [0.717, 1.165) is 26.1 Å². The van der Waals surface area contributed by atoms with Gasteiger partial charge in [0.2, 0.25) is 0 Å². The molecule has 0 aromatic carbocycles. The second kappa shape index (κ2) is 6.92. The Bertz CT molecular complexity index is 346. The summed E-state index contributed by atoms with van der Waals surface area (Å²) in [6.45, 7) is 8.61. The van der Waals surface area contributed by atoms with E-state index in [9.17, 15) is 9.59 Å². The van der Waals surface area contributed by atoms with Crippen LogP contribution in [0.15, 0.2) is 0 Å². The summed E-state index contributed by atoms with van der Waals surface area (Å²) in [5, 5.41) is 11.9. The molecule has 0 saturated carbocycles. The van der Waals surface area contributed by atoms with Crippen LogP contribution in [0, 0.1) is 5.92 Å². The molecule has 6 heteroatoms. The molecule has 0 aromatic rings. The number of urea groups is 1. The fraction of sp³-hybridized carbons (Fsp3) is 0.857. The van der Waals surface area contributed by atoms with Crippen molar-refractivity contribution in [2.45, 2.75) is 52.1 Å². The van der Waals surface area contributed by atoms with Gasteiger partial charge < -0.3 is 20.1 Å². The Labute approximate surface area is 120 Å². The first kappa shape index (κ1) is 16.8. The van der Waals surface area contributed by atoms with E-state index in [-0.39, 0.29) is 18.6 Å². The van der Waals surface area contributed by atoms with Crippen LogP contribution in [0.3, 0.4) is 0 Å². The third-order valence-electron chi connectivity index (χ3n) is 3.67. The van der Waals surface area contributed by atoms with Crippen LogP contribution < -0.4 is 5.32 Å². The molecule has 2 N–H and O–H groups in total. The molecule has 1 heterocycles. The fourth-order valence-corrected chi connectivity index (χ4v) is 2.36. The normalized spacial score (nSPS) is 18.4. The third kappa shape index (κ3) is 5.00. The first-order valence-corrected chi connectivity index (χ1v) is 7.09. The van der Waals surface area contributed by atoms with Crippen LogP contribution in [0.1, 0.15) is 40.5 Å². The Morgan fingerprint density at radius 1 is 1.35 bits per heavy atom. The largest absolute Gasteiger partial charge is 0.480 e. The van der Waals surface area contributed by atoms with Crippen molar-refractivity contribution in [2.75, 3.05) is 19.8 Å².